The van der Waals surface area contributed by atoms with Crippen molar-refractivity contribution in [3.63, 3.8) is 0 Å². The van der Waals surface area contributed by atoms with Crippen LogP contribution in [0, 0.1) is 6.92 Å². The minimum Gasteiger partial charge on any atom is -0.496 e. The van der Waals surface area contributed by atoms with Gasteiger partial charge in [-0.25, -0.2) is 8.78 Å². The monoisotopic (exact) mass is 418 g/mol. The zero-order chi connectivity index (χ0) is 20.8. The summed E-state index contributed by atoms with van der Waals surface area (Å²) < 4.78 is 38.5. The van der Waals surface area contributed by atoms with Crippen molar-refractivity contribution in [3.05, 3.63) is 65.0 Å². The predicted octanol–water partition coefficient (Wildman–Crippen LogP) is 4.72. The third-order valence-electron chi connectivity index (χ3n) is 4.06. The maximum absolute atomic E-state index is 13.1. The number of alkyl halides is 2. The normalized spacial score (nSPS) is 11.4. The average Bonchev–Trinajstić information content (AvgIpc) is 3.15. The van der Waals surface area contributed by atoms with Gasteiger partial charge in [0.25, 0.3) is 6.43 Å². The molecule has 9 heteroatoms. The second kappa shape index (κ2) is 9.51. The van der Waals surface area contributed by atoms with E-state index in [0.717, 1.165) is 21.6 Å². The molecule has 0 spiro atoms. The molecule has 0 aliphatic heterocycles. The van der Waals surface area contributed by atoms with E-state index >= 15 is 0 Å². The average molecular weight is 418 g/mol. The third-order valence-corrected chi connectivity index (χ3v) is 4.68. The van der Waals surface area contributed by atoms with Gasteiger partial charge in [0.05, 0.1) is 13.3 Å². The molecule has 0 saturated heterocycles. The van der Waals surface area contributed by atoms with Crippen LogP contribution in [0.25, 0.3) is 0 Å². The Morgan fingerprint density at radius 1 is 1.17 bits per heavy atom. The first-order chi connectivity index (χ1) is 14.0. The fourth-order valence-corrected chi connectivity index (χ4v) is 3.00. The van der Waals surface area contributed by atoms with E-state index in [0.29, 0.717) is 17.9 Å². The lowest BCUT2D eigenvalue weighted by Crippen LogP contribution is -2.02. The number of hydrogen-bond acceptors (Lipinski definition) is 6. The summed E-state index contributed by atoms with van der Waals surface area (Å²) >= 11 is 1.19. The summed E-state index contributed by atoms with van der Waals surface area (Å²) in [5.41, 5.74) is 2.66. The van der Waals surface area contributed by atoms with Crippen LogP contribution in [0.1, 0.15) is 28.9 Å². The molecule has 0 N–H and O–H groups in total. The number of aryl methyl sites for hydroxylation is 1. The molecule has 0 aliphatic rings. The van der Waals surface area contributed by atoms with Crippen molar-refractivity contribution >= 4 is 18.0 Å². The summed E-state index contributed by atoms with van der Waals surface area (Å²) in [6.45, 7) is 2.30. The highest BCUT2D eigenvalue weighted by molar-refractivity contribution is 7.98. The second-order valence-corrected chi connectivity index (χ2v) is 6.85. The Morgan fingerprint density at radius 2 is 1.93 bits per heavy atom. The first-order valence-electron chi connectivity index (χ1n) is 8.70. The van der Waals surface area contributed by atoms with E-state index in [1.54, 1.807) is 25.5 Å². The van der Waals surface area contributed by atoms with Crippen LogP contribution in [0.4, 0.5) is 8.78 Å². The molecule has 0 radical (unpaired) electrons. The largest absolute Gasteiger partial charge is 0.496 e. The molecule has 0 amide bonds. The molecule has 2 aromatic carbocycles. The lowest BCUT2D eigenvalue weighted by atomic mass is 10.1. The van der Waals surface area contributed by atoms with Crippen molar-refractivity contribution < 1.29 is 18.3 Å². The zero-order valence-electron chi connectivity index (χ0n) is 16.2. The van der Waals surface area contributed by atoms with Gasteiger partial charge in [-0.1, -0.05) is 29.5 Å². The van der Waals surface area contributed by atoms with Gasteiger partial charge >= 0.3 is 0 Å². The summed E-state index contributed by atoms with van der Waals surface area (Å²) in [5.74, 6) is 0.908. The number of nitrogens with zero attached hydrogens (tertiary/aromatic N) is 4. The number of ether oxygens (including phenoxy) is 2. The number of benzene rings is 2. The lowest BCUT2D eigenvalue weighted by molar-refractivity contribution is 0.135. The van der Waals surface area contributed by atoms with Crippen molar-refractivity contribution in [1.29, 1.82) is 0 Å². The van der Waals surface area contributed by atoms with Crippen molar-refractivity contribution in [2.75, 3.05) is 13.4 Å². The quantitative estimate of drug-likeness (QED) is 0.391. The molecule has 152 valence electrons. The topological polar surface area (TPSA) is 61.5 Å². The van der Waals surface area contributed by atoms with Crippen LogP contribution in [-0.2, 0) is 6.61 Å². The number of hydrogen-bond donors (Lipinski definition) is 0. The molecule has 0 unspecified atom stereocenters. The molecule has 6 nitrogen and oxygen atoms in total. The number of rotatable bonds is 8. The highest BCUT2D eigenvalue weighted by Crippen LogP contribution is 2.24. The summed E-state index contributed by atoms with van der Waals surface area (Å²) in [4.78, 5) is 0. The van der Waals surface area contributed by atoms with E-state index in [2.05, 4.69) is 15.3 Å². The molecule has 1 heterocycles. The summed E-state index contributed by atoms with van der Waals surface area (Å²) in [5, 5.41) is 11.6. The fraction of sp³-hybridized carbons (Fsp3) is 0.250. The molecule has 0 fully saturated rings. The first-order valence-corrected chi connectivity index (χ1v) is 9.92. The van der Waals surface area contributed by atoms with Gasteiger partial charge in [-0.15, -0.1) is 10.2 Å². The van der Waals surface area contributed by atoms with Crippen LogP contribution in [0.2, 0.25) is 0 Å². The fourth-order valence-electron chi connectivity index (χ4n) is 2.56. The smallest absolute Gasteiger partial charge is 0.299 e. The van der Waals surface area contributed by atoms with Gasteiger partial charge in [0.1, 0.15) is 18.1 Å². The Morgan fingerprint density at radius 3 is 2.59 bits per heavy atom. The van der Waals surface area contributed by atoms with Crippen LogP contribution in [-0.4, -0.2) is 34.5 Å². The molecular weight excluding hydrogens is 398 g/mol. The Balaban J connectivity index is 1.82. The summed E-state index contributed by atoms with van der Waals surface area (Å²) in [6.07, 6.45) is 0.429. The number of methoxy groups -OCH3 is 1. The summed E-state index contributed by atoms with van der Waals surface area (Å²) in [6, 6.07) is 13.1. The molecule has 0 atom stereocenters. The SMILES string of the molecule is COc1ccc(/C=N\n2c(SC)nnc2C(F)F)cc1COc1ccc(C)cc1. The van der Waals surface area contributed by atoms with Gasteiger partial charge in [0.15, 0.2) is 0 Å². The summed E-state index contributed by atoms with van der Waals surface area (Å²) in [7, 11) is 1.58. The van der Waals surface area contributed by atoms with E-state index < -0.39 is 12.2 Å². The van der Waals surface area contributed by atoms with Gasteiger partial charge in [-0.2, -0.15) is 9.78 Å². The maximum atomic E-state index is 13.1. The van der Waals surface area contributed by atoms with E-state index in [9.17, 15) is 8.78 Å². The third kappa shape index (κ3) is 5.11. The molecule has 3 aromatic rings. The molecule has 1 aromatic heterocycles. The lowest BCUT2D eigenvalue weighted by Gasteiger charge is -2.11. The van der Waals surface area contributed by atoms with Crippen molar-refractivity contribution in [2.24, 2.45) is 5.10 Å². The molecule has 29 heavy (non-hydrogen) atoms. The molecule has 0 saturated carbocycles. The Hall–Kier alpha value is -2.94. The minimum atomic E-state index is -2.77. The Bertz CT molecular complexity index is 991. The van der Waals surface area contributed by atoms with Crippen molar-refractivity contribution in [3.8, 4) is 11.5 Å². The maximum Gasteiger partial charge on any atom is 0.299 e. The van der Waals surface area contributed by atoms with Crippen molar-refractivity contribution in [2.45, 2.75) is 25.1 Å². The van der Waals surface area contributed by atoms with Crippen LogP contribution in [0.3, 0.4) is 0 Å². The molecular formula is C20H20F2N4O2S. The molecule has 0 bridgehead atoms. The van der Waals surface area contributed by atoms with Gasteiger partial charge in [-0.05, 0) is 49.1 Å². The highest BCUT2D eigenvalue weighted by Gasteiger charge is 2.19. The van der Waals surface area contributed by atoms with Crippen molar-refractivity contribution in [1.82, 2.24) is 14.9 Å². The minimum absolute atomic E-state index is 0.285. The first kappa shape index (κ1) is 20.8. The number of thioether (sulfide) groups is 1. The molecule has 0 aliphatic carbocycles. The van der Waals surface area contributed by atoms with E-state index in [-0.39, 0.29) is 5.16 Å². The van der Waals surface area contributed by atoms with Crippen LogP contribution in [0.5, 0.6) is 11.5 Å². The van der Waals surface area contributed by atoms with Crippen LogP contribution >= 0.6 is 11.8 Å². The van der Waals surface area contributed by atoms with Gasteiger partial charge in [0, 0.05) is 5.56 Å². The zero-order valence-corrected chi connectivity index (χ0v) is 17.0. The van der Waals surface area contributed by atoms with Gasteiger partial charge in [0.2, 0.25) is 11.0 Å². The van der Waals surface area contributed by atoms with E-state index in [4.69, 9.17) is 9.47 Å². The van der Waals surface area contributed by atoms with E-state index in [1.807, 2.05) is 37.3 Å². The van der Waals surface area contributed by atoms with Crippen LogP contribution in [0.15, 0.2) is 52.7 Å². The molecule has 3 rings (SSSR count). The second-order valence-electron chi connectivity index (χ2n) is 6.07. The Labute approximate surface area is 171 Å². The van der Waals surface area contributed by atoms with Crippen LogP contribution < -0.4 is 9.47 Å². The predicted molar refractivity (Wildman–Crippen MR) is 108 cm³/mol. The number of halogens is 2. The Kier molecular flexibility index (Phi) is 6.82. The standard InChI is InChI=1S/C20H20F2N4O2S/c1-13-4-7-16(8-5-13)28-12-15-10-14(6-9-17(15)27-2)11-23-26-19(18(21)22)24-25-20(26)29-3/h4-11,18H,12H2,1-3H3/b23-11-. The van der Waals surface area contributed by atoms with Gasteiger partial charge < -0.3 is 9.47 Å². The number of aromatic nitrogens is 3. The van der Waals surface area contributed by atoms with Gasteiger partial charge in [-0.3, -0.25) is 0 Å². The van der Waals surface area contributed by atoms with E-state index in [1.165, 1.54) is 18.0 Å². The highest BCUT2D eigenvalue weighted by atomic mass is 32.2.